The van der Waals surface area contributed by atoms with Crippen LogP contribution in [0.4, 0.5) is 0 Å². The zero-order chi connectivity index (χ0) is 9.42. The second kappa shape index (κ2) is 2.70. The molecule has 0 bridgehead atoms. The molecule has 1 aromatic carbocycles. The van der Waals surface area contributed by atoms with Crippen LogP contribution in [-0.2, 0) is 0 Å². The standard InChI is InChI=1S/C8H6N2O2S/c9-7(12)8-10-5-3-4(11)1-2-6(5)13-8/h1-3,11H,(H2,9,12). The summed E-state index contributed by atoms with van der Waals surface area (Å²) in [4.78, 5) is 14.7. The zero-order valence-corrected chi connectivity index (χ0v) is 7.34. The number of hydrogen-bond donors (Lipinski definition) is 2. The van der Waals surface area contributed by atoms with Gasteiger partial charge >= 0.3 is 0 Å². The van der Waals surface area contributed by atoms with Crippen LogP contribution in [0.15, 0.2) is 18.2 Å². The summed E-state index contributed by atoms with van der Waals surface area (Å²) in [6.45, 7) is 0. The molecule has 1 aromatic heterocycles. The molecule has 2 rings (SSSR count). The van der Waals surface area contributed by atoms with E-state index in [1.165, 1.54) is 17.4 Å². The summed E-state index contributed by atoms with van der Waals surface area (Å²) in [5.74, 6) is -0.408. The molecule has 5 heteroatoms. The summed E-state index contributed by atoms with van der Waals surface area (Å²) in [5.41, 5.74) is 5.66. The van der Waals surface area contributed by atoms with Gasteiger partial charge in [0.05, 0.1) is 10.2 Å². The molecule has 4 nitrogen and oxygen atoms in total. The van der Waals surface area contributed by atoms with Gasteiger partial charge in [-0.3, -0.25) is 4.79 Å². The molecule has 0 aliphatic rings. The van der Waals surface area contributed by atoms with E-state index in [-0.39, 0.29) is 10.8 Å². The molecule has 0 saturated carbocycles. The fourth-order valence-corrected chi connectivity index (χ4v) is 1.82. The van der Waals surface area contributed by atoms with Gasteiger partial charge in [0.15, 0.2) is 5.01 Å². The SMILES string of the molecule is NC(=O)c1nc2cc(O)ccc2s1. The van der Waals surface area contributed by atoms with Gasteiger partial charge in [-0.05, 0) is 12.1 Å². The van der Waals surface area contributed by atoms with E-state index < -0.39 is 5.91 Å². The summed E-state index contributed by atoms with van der Waals surface area (Å²) in [6.07, 6.45) is 0. The van der Waals surface area contributed by atoms with Crippen molar-refractivity contribution in [2.45, 2.75) is 0 Å². The zero-order valence-electron chi connectivity index (χ0n) is 6.52. The molecule has 3 N–H and O–H groups in total. The Morgan fingerprint density at radius 1 is 1.54 bits per heavy atom. The molecule has 2 aromatic rings. The first-order valence-corrected chi connectivity index (χ1v) is 4.38. The molecule has 0 atom stereocenters. The van der Waals surface area contributed by atoms with E-state index in [1.807, 2.05) is 0 Å². The molecule has 0 radical (unpaired) electrons. The Labute approximate surface area is 77.6 Å². The molecule has 0 unspecified atom stereocenters. The third-order valence-corrected chi connectivity index (χ3v) is 2.63. The highest BCUT2D eigenvalue weighted by Gasteiger charge is 2.08. The summed E-state index contributed by atoms with van der Waals surface area (Å²) in [7, 11) is 0. The Morgan fingerprint density at radius 3 is 3.00 bits per heavy atom. The smallest absolute Gasteiger partial charge is 0.277 e. The largest absolute Gasteiger partial charge is 0.508 e. The van der Waals surface area contributed by atoms with Crippen LogP contribution in [0.2, 0.25) is 0 Å². The molecular formula is C8H6N2O2S. The lowest BCUT2D eigenvalue weighted by atomic mass is 10.3. The number of phenols is 1. The van der Waals surface area contributed by atoms with Gasteiger partial charge in [-0.1, -0.05) is 0 Å². The van der Waals surface area contributed by atoms with Gasteiger partial charge in [-0.25, -0.2) is 4.98 Å². The maximum Gasteiger partial charge on any atom is 0.277 e. The molecule has 0 fully saturated rings. The number of aromatic nitrogens is 1. The molecule has 1 heterocycles. The number of amides is 1. The summed E-state index contributed by atoms with van der Waals surface area (Å²) >= 11 is 1.22. The van der Waals surface area contributed by atoms with Crippen LogP contribution in [-0.4, -0.2) is 16.0 Å². The van der Waals surface area contributed by atoms with Crippen molar-refractivity contribution in [3.05, 3.63) is 23.2 Å². The van der Waals surface area contributed by atoms with Gasteiger partial charge in [0.2, 0.25) is 0 Å². The summed E-state index contributed by atoms with van der Waals surface area (Å²) in [6, 6.07) is 4.75. The average molecular weight is 194 g/mol. The van der Waals surface area contributed by atoms with Crippen LogP contribution in [0.5, 0.6) is 5.75 Å². The number of nitrogens with two attached hydrogens (primary N) is 1. The second-order valence-electron chi connectivity index (χ2n) is 2.54. The van der Waals surface area contributed by atoms with E-state index in [1.54, 1.807) is 12.1 Å². The molecule has 13 heavy (non-hydrogen) atoms. The number of nitrogens with zero attached hydrogens (tertiary/aromatic N) is 1. The number of aromatic hydroxyl groups is 1. The molecular weight excluding hydrogens is 188 g/mol. The quantitative estimate of drug-likeness (QED) is 0.713. The minimum Gasteiger partial charge on any atom is -0.508 e. The number of benzene rings is 1. The van der Waals surface area contributed by atoms with Crippen molar-refractivity contribution in [1.82, 2.24) is 4.98 Å². The first kappa shape index (κ1) is 8.00. The first-order valence-electron chi connectivity index (χ1n) is 3.56. The maximum atomic E-state index is 10.8. The number of phenolic OH excluding ortho intramolecular Hbond substituents is 1. The summed E-state index contributed by atoms with van der Waals surface area (Å²) < 4.78 is 0.839. The number of fused-ring (bicyclic) bond motifs is 1. The highest BCUT2D eigenvalue weighted by Crippen LogP contribution is 2.24. The van der Waals surface area contributed by atoms with Crippen molar-refractivity contribution in [2.24, 2.45) is 5.73 Å². The van der Waals surface area contributed by atoms with E-state index >= 15 is 0 Å². The minimum atomic E-state index is -0.541. The van der Waals surface area contributed by atoms with E-state index in [9.17, 15) is 4.79 Å². The monoisotopic (exact) mass is 194 g/mol. The van der Waals surface area contributed by atoms with Gasteiger partial charge in [0.1, 0.15) is 5.75 Å². The lowest BCUT2D eigenvalue weighted by molar-refractivity contribution is 0.1000. The number of thiazole rings is 1. The van der Waals surface area contributed by atoms with Gasteiger partial charge in [0, 0.05) is 6.07 Å². The highest BCUT2D eigenvalue weighted by atomic mass is 32.1. The number of rotatable bonds is 1. The number of primary amides is 1. The van der Waals surface area contributed by atoms with Crippen molar-refractivity contribution in [1.29, 1.82) is 0 Å². The van der Waals surface area contributed by atoms with Crippen LogP contribution < -0.4 is 5.73 Å². The van der Waals surface area contributed by atoms with E-state index in [0.29, 0.717) is 5.52 Å². The molecule has 66 valence electrons. The Kier molecular flexibility index (Phi) is 1.66. The molecule has 0 aliphatic carbocycles. The van der Waals surface area contributed by atoms with Crippen molar-refractivity contribution in [3.63, 3.8) is 0 Å². The topological polar surface area (TPSA) is 76.2 Å². The Bertz CT molecular complexity index is 478. The Morgan fingerprint density at radius 2 is 2.31 bits per heavy atom. The highest BCUT2D eigenvalue weighted by molar-refractivity contribution is 7.20. The third kappa shape index (κ3) is 1.33. The van der Waals surface area contributed by atoms with E-state index in [0.717, 1.165) is 4.70 Å². The number of carbonyl (C=O) groups excluding carboxylic acids is 1. The second-order valence-corrected chi connectivity index (χ2v) is 3.57. The molecule has 1 amide bonds. The van der Waals surface area contributed by atoms with Crippen LogP contribution >= 0.6 is 11.3 Å². The fraction of sp³-hybridized carbons (Fsp3) is 0. The number of hydrogen-bond acceptors (Lipinski definition) is 4. The molecule has 0 spiro atoms. The van der Waals surface area contributed by atoms with Crippen molar-refractivity contribution >= 4 is 27.5 Å². The van der Waals surface area contributed by atoms with Crippen molar-refractivity contribution in [2.75, 3.05) is 0 Å². The summed E-state index contributed by atoms with van der Waals surface area (Å²) in [5, 5.41) is 9.39. The van der Waals surface area contributed by atoms with Gasteiger partial charge in [-0.2, -0.15) is 0 Å². The molecule has 0 saturated heterocycles. The predicted molar refractivity (Wildman–Crippen MR) is 49.8 cm³/mol. The Balaban J connectivity index is 2.68. The van der Waals surface area contributed by atoms with E-state index in [4.69, 9.17) is 10.8 Å². The number of carbonyl (C=O) groups is 1. The lowest BCUT2D eigenvalue weighted by Crippen LogP contribution is -2.09. The fourth-order valence-electron chi connectivity index (χ4n) is 1.02. The van der Waals surface area contributed by atoms with Gasteiger partial charge in [-0.15, -0.1) is 11.3 Å². The van der Waals surface area contributed by atoms with Crippen molar-refractivity contribution < 1.29 is 9.90 Å². The van der Waals surface area contributed by atoms with Crippen LogP contribution in [0.1, 0.15) is 9.80 Å². The van der Waals surface area contributed by atoms with Gasteiger partial charge < -0.3 is 10.8 Å². The van der Waals surface area contributed by atoms with Crippen molar-refractivity contribution in [3.8, 4) is 5.75 Å². The maximum absolute atomic E-state index is 10.8. The predicted octanol–water partition coefficient (Wildman–Crippen LogP) is 1.10. The third-order valence-electron chi connectivity index (χ3n) is 1.58. The van der Waals surface area contributed by atoms with Gasteiger partial charge in [0.25, 0.3) is 5.91 Å². The lowest BCUT2D eigenvalue weighted by Gasteiger charge is -1.87. The first-order chi connectivity index (χ1) is 6.16. The minimum absolute atomic E-state index is 0.133. The average Bonchev–Trinajstić information content (AvgIpc) is 2.46. The normalized spacial score (nSPS) is 10.5. The van der Waals surface area contributed by atoms with Crippen LogP contribution in [0.25, 0.3) is 10.2 Å². The molecule has 0 aliphatic heterocycles. The Hall–Kier alpha value is -1.62. The van der Waals surface area contributed by atoms with E-state index in [2.05, 4.69) is 4.98 Å². The van der Waals surface area contributed by atoms with Crippen LogP contribution in [0.3, 0.4) is 0 Å². The van der Waals surface area contributed by atoms with Crippen LogP contribution in [0, 0.1) is 0 Å².